The summed E-state index contributed by atoms with van der Waals surface area (Å²) in [5, 5.41) is 0. The van der Waals surface area contributed by atoms with Crippen molar-refractivity contribution in [2.24, 2.45) is 5.41 Å². The summed E-state index contributed by atoms with van der Waals surface area (Å²) in [7, 11) is 1.72. The van der Waals surface area contributed by atoms with E-state index in [1.54, 1.807) is 7.11 Å². The van der Waals surface area contributed by atoms with Crippen LogP contribution < -0.4 is 0 Å². The fourth-order valence-electron chi connectivity index (χ4n) is 3.04. The highest BCUT2D eigenvalue weighted by molar-refractivity contribution is 5.87. The van der Waals surface area contributed by atoms with E-state index in [0.29, 0.717) is 17.6 Å². The zero-order valence-corrected chi connectivity index (χ0v) is 13.4. The number of carbonyl (C=O) groups is 1. The number of rotatable bonds is 8. The standard InChI is InChI=1S/C17H32O2/c1-5-6-7-8-9-10-15(18)17(19-4)13-11-16(2,3)12-14-17/h5-14H2,1-4H3. The van der Waals surface area contributed by atoms with E-state index in [-0.39, 0.29) is 0 Å². The van der Waals surface area contributed by atoms with Gasteiger partial charge in [-0.05, 0) is 37.5 Å². The molecule has 0 bridgehead atoms. The zero-order valence-electron chi connectivity index (χ0n) is 13.4. The van der Waals surface area contributed by atoms with Crippen LogP contribution >= 0.6 is 0 Å². The fraction of sp³-hybridized carbons (Fsp3) is 0.941. The third-order valence-electron chi connectivity index (χ3n) is 4.82. The zero-order chi connectivity index (χ0) is 14.4. The molecule has 0 aromatic rings. The quantitative estimate of drug-likeness (QED) is 0.585. The molecule has 0 heterocycles. The van der Waals surface area contributed by atoms with Crippen molar-refractivity contribution in [2.75, 3.05) is 7.11 Å². The molecule has 0 amide bonds. The molecule has 1 saturated carbocycles. The Hall–Kier alpha value is -0.370. The van der Waals surface area contributed by atoms with Gasteiger partial charge in [-0.15, -0.1) is 0 Å². The lowest BCUT2D eigenvalue weighted by Gasteiger charge is -2.41. The second-order valence-electron chi connectivity index (χ2n) is 6.95. The van der Waals surface area contributed by atoms with Crippen LogP contribution in [-0.4, -0.2) is 18.5 Å². The van der Waals surface area contributed by atoms with Gasteiger partial charge in [0.25, 0.3) is 0 Å². The van der Waals surface area contributed by atoms with Gasteiger partial charge >= 0.3 is 0 Å². The molecule has 0 atom stereocenters. The Balaban J connectivity index is 2.39. The molecule has 0 radical (unpaired) electrons. The van der Waals surface area contributed by atoms with Crippen LogP contribution in [0.25, 0.3) is 0 Å². The number of unbranched alkanes of at least 4 members (excludes halogenated alkanes) is 4. The number of methoxy groups -OCH3 is 1. The highest BCUT2D eigenvalue weighted by Gasteiger charge is 2.43. The molecule has 2 nitrogen and oxygen atoms in total. The first-order valence-electron chi connectivity index (χ1n) is 8.04. The van der Waals surface area contributed by atoms with Crippen molar-refractivity contribution >= 4 is 5.78 Å². The van der Waals surface area contributed by atoms with Crippen LogP contribution in [0.1, 0.15) is 85.0 Å². The topological polar surface area (TPSA) is 26.3 Å². The molecule has 1 fully saturated rings. The molecule has 0 spiro atoms. The van der Waals surface area contributed by atoms with Gasteiger partial charge in [0.15, 0.2) is 5.78 Å². The van der Waals surface area contributed by atoms with Crippen molar-refractivity contribution in [3.8, 4) is 0 Å². The van der Waals surface area contributed by atoms with Crippen molar-refractivity contribution in [2.45, 2.75) is 90.6 Å². The van der Waals surface area contributed by atoms with Crippen LogP contribution in [0, 0.1) is 5.41 Å². The van der Waals surface area contributed by atoms with Gasteiger partial charge in [0.2, 0.25) is 0 Å². The molecule has 19 heavy (non-hydrogen) atoms. The highest BCUT2D eigenvalue weighted by atomic mass is 16.5. The van der Waals surface area contributed by atoms with Gasteiger partial charge in [-0.3, -0.25) is 4.79 Å². The summed E-state index contributed by atoms with van der Waals surface area (Å²) in [6, 6.07) is 0. The van der Waals surface area contributed by atoms with E-state index < -0.39 is 5.60 Å². The van der Waals surface area contributed by atoms with E-state index >= 15 is 0 Å². The molecule has 0 unspecified atom stereocenters. The predicted octanol–water partition coefficient (Wildman–Crippen LogP) is 4.90. The minimum absolute atomic E-state index is 0.349. The van der Waals surface area contributed by atoms with Crippen molar-refractivity contribution in [1.29, 1.82) is 0 Å². The van der Waals surface area contributed by atoms with Gasteiger partial charge in [-0.2, -0.15) is 0 Å². The first-order chi connectivity index (χ1) is 8.96. The van der Waals surface area contributed by atoms with Crippen LogP contribution in [0.5, 0.6) is 0 Å². The van der Waals surface area contributed by atoms with Gasteiger partial charge in [0.1, 0.15) is 5.60 Å². The number of ether oxygens (including phenoxy) is 1. The molecule has 0 aromatic heterocycles. The van der Waals surface area contributed by atoms with E-state index in [1.165, 1.54) is 25.7 Å². The molecular formula is C17H32O2. The normalized spacial score (nSPS) is 21.3. The number of carbonyl (C=O) groups excluding carboxylic acids is 1. The average Bonchev–Trinajstić information content (AvgIpc) is 2.39. The van der Waals surface area contributed by atoms with Gasteiger partial charge in [-0.1, -0.05) is 46.5 Å². The Kier molecular flexibility index (Phi) is 6.52. The van der Waals surface area contributed by atoms with Gasteiger partial charge in [0.05, 0.1) is 0 Å². The third kappa shape index (κ3) is 4.91. The average molecular weight is 268 g/mol. The Morgan fingerprint density at radius 1 is 1.00 bits per heavy atom. The maximum absolute atomic E-state index is 12.5. The second-order valence-corrected chi connectivity index (χ2v) is 6.95. The number of Topliss-reactive ketones (excluding diaryl/α,β-unsaturated/α-hetero) is 1. The van der Waals surface area contributed by atoms with Crippen LogP contribution in [0.4, 0.5) is 0 Å². The first-order valence-corrected chi connectivity index (χ1v) is 8.04. The molecule has 112 valence electrons. The molecule has 0 aromatic carbocycles. The summed E-state index contributed by atoms with van der Waals surface area (Å²) in [5.41, 5.74) is -0.0797. The largest absolute Gasteiger partial charge is 0.370 e. The molecule has 2 heteroatoms. The SMILES string of the molecule is CCCCCCCC(=O)C1(OC)CCC(C)(C)CC1. The minimum atomic E-state index is -0.458. The van der Waals surface area contributed by atoms with E-state index in [4.69, 9.17) is 4.74 Å². The molecule has 1 rings (SSSR count). The van der Waals surface area contributed by atoms with E-state index in [0.717, 1.165) is 32.1 Å². The van der Waals surface area contributed by atoms with E-state index in [1.807, 2.05) is 0 Å². The van der Waals surface area contributed by atoms with Gasteiger partial charge < -0.3 is 4.74 Å². The number of hydrogen-bond donors (Lipinski definition) is 0. The summed E-state index contributed by atoms with van der Waals surface area (Å²) in [5.74, 6) is 0.349. The van der Waals surface area contributed by atoms with Gasteiger partial charge in [0, 0.05) is 13.5 Å². The summed E-state index contributed by atoms with van der Waals surface area (Å²) in [6.45, 7) is 6.80. The van der Waals surface area contributed by atoms with Crippen LogP contribution in [-0.2, 0) is 9.53 Å². The number of hydrogen-bond acceptors (Lipinski definition) is 2. The highest BCUT2D eigenvalue weighted by Crippen LogP contribution is 2.42. The number of ketones is 1. The second kappa shape index (κ2) is 7.42. The third-order valence-corrected chi connectivity index (χ3v) is 4.82. The lowest BCUT2D eigenvalue weighted by atomic mass is 9.69. The lowest BCUT2D eigenvalue weighted by molar-refractivity contribution is -0.148. The predicted molar refractivity (Wildman–Crippen MR) is 80.4 cm³/mol. The summed E-state index contributed by atoms with van der Waals surface area (Å²) in [4.78, 5) is 12.5. The van der Waals surface area contributed by atoms with E-state index in [2.05, 4.69) is 20.8 Å². The maximum Gasteiger partial charge on any atom is 0.164 e. The van der Waals surface area contributed by atoms with Gasteiger partial charge in [-0.25, -0.2) is 0 Å². The lowest BCUT2D eigenvalue weighted by Crippen LogP contribution is -2.45. The molecule has 0 N–H and O–H groups in total. The summed E-state index contributed by atoms with van der Waals surface area (Å²) >= 11 is 0. The van der Waals surface area contributed by atoms with Crippen molar-refractivity contribution in [3.63, 3.8) is 0 Å². The van der Waals surface area contributed by atoms with E-state index in [9.17, 15) is 4.79 Å². The van der Waals surface area contributed by atoms with Crippen LogP contribution in [0.2, 0.25) is 0 Å². The molecule has 0 aliphatic heterocycles. The minimum Gasteiger partial charge on any atom is -0.370 e. The summed E-state index contributed by atoms with van der Waals surface area (Å²) < 4.78 is 5.66. The molecule has 1 aliphatic carbocycles. The molecular weight excluding hydrogens is 236 g/mol. The fourth-order valence-corrected chi connectivity index (χ4v) is 3.04. The molecule has 0 saturated heterocycles. The Labute approximate surface area is 119 Å². The van der Waals surface area contributed by atoms with Crippen LogP contribution in [0.3, 0.4) is 0 Å². The Bertz CT molecular complexity index is 271. The monoisotopic (exact) mass is 268 g/mol. The maximum atomic E-state index is 12.5. The van der Waals surface area contributed by atoms with Crippen molar-refractivity contribution < 1.29 is 9.53 Å². The van der Waals surface area contributed by atoms with Crippen LogP contribution in [0.15, 0.2) is 0 Å². The molecule has 1 aliphatic rings. The Morgan fingerprint density at radius 2 is 1.58 bits per heavy atom. The Morgan fingerprint density at radius 3 is 2.11 bits per heavy atom. The smallest absolute Gasteiger partial charge is 0.164 e. The first kappa shape index (κ1) is 16.7. The summed E-state index contributed by atoms with van der Waals surface area (Å²) in [6.07, 6.45) is 10.7. The van der Waals surface area contributed by atoms with Crippen molar-refractivity contribution in [1.82, 2.24) is 0 Å². The van der Waals surface area contributed by atoms with Crippen molar-refractivity contribution in [3.05, 3.63) is 0 Å².